The summed E-state index contributed by atoms with van der Waals surface area (Å²) in [7, 11) is 5.89. The first-order valence-electron chi connectivity index (χ1n) is 8.95. The Kier molecular flexibility index (Phi) is 7.14. The Morgan fingerprint density at radius 3 is 2.26 bits per heavy atom. The molecule has 1 heterocycles. The number of anilines is 2. The van der Waals surface area contributed by atoms with Crippen LogP contribution in [0.5, 0.6) is 28.9 Å². The van der Waals surface area contributed by atoms with Gasteiger partial charge in [0.05, 0.1) is 39.1 Å². The zero-order valence-corrected chi connectivity index (χ0v) is 18.8. The highest BCUT2D eigenvalue weighted by atomic mass is 79.9. The molecule has 0 saturated heterocycles. The van der Waals surface area contributed by atoms with Crippen LogP contribution in [0.3, 0.4) is 0 Å². The average molecular weight is 490 g/mol. The van der Waals surface area contributed by atoms with Gasteiger partial charge in [-0.1, -0.05) is 12.1 Å². The van der Waals surface area contributed by atoms with Crippen LogP contribution in [-0.2, 0) is 4.74 Å². The fraction of sp³-hybridized carbons (Fsp3) is 0.190. The minimum absolute atomic E-state index is 0.210. The van der Waals surface area contributed by atoms with E-state index in [1.807, 2.05) is 0 Å². The van der Waals surface area contributed by atoms with Crippen molar-refractivity contribution in [1.82, 2.24) is 9.97 Å². The highest BCUT2D eigenvalue weighted by Crippen LogP contribution is 2.40. The van der Waals surface area contributed by atoms with Crippen LogP contribution in [0.1, 0.15) is 10.4 Å². The second-order valence-electron chi connectivity index (χ2n) is 5.98. The third-order valence-electron chi connectivity index (χ3n) is 4.13. The Morgan fingerprint density at radius 1 is 0.968 bits per heavy atom. The largest absolute Gasteiger partial charge is 0.493 e. The summed E-state index contributed by atoms with van der Waals surface area (Å²) in [5, 5.41) is 3.08. The number of methoxy groups -OCH3 is 4. The first-order chi connectivity index (χ1) is 15.0. The van der Waals surface area contributed by atoms with Gasteiger partial charge in [-0.15, -0.1) is 0 Å². The van der Waals surface area contributed by atoms with Crippen LogP contribution in [0.2, 0.25) is 0 Å². The minimum atomic E-state index is -0.517. The first kappa shape index (κ1) is 22.2. The second-order valence-corrected chi connectivity index (χ2v) is 6.83. The van der Waals surface area contributed by atoms with E-state index in [-0.39, 0.29) is 17.4 Å². The lowest BCUT2D eigenvalue weighted by molar-refractivity contribution is 0.0598. The van der Waals surface area contributed by atoms with Gasteiger partial charge in [0.25, 0.3) is 0 Å². The van der Waals surface area contributed by atoms with Crippen molar-refractivity contribution in [3.63, 3.8) is 0 Å². The molecule has 0 spiro atoms. The highest BCUT2D eigenvalue weighted by Gasteiger charge is 2.17. The van der Waals surface area contributed by atoms with Gasteiger partial charge in [-0.2, -0.15) is 4.98 Å². The monoisotopic (exact) mass is 489 g/mol. The summed E-state index contributed by atoms with van der Waals surface area (Å²) < 4.78 is 27.2. The number of ether oxygens (including phenoxy) is 5. The van der Waals surface area contributed by atoms with E-state index < -0.39 is 5.97 Å². The molecule has 9 nitrogen and oxygen atoms in total. The van der Waals surface area contributed by atoms with E-state index in [0.29, 0.717) is 33.2 Å². The number of hydrogen-bond donors (Lipinski definition) is 1. The lowest BCUT2D eigenvalue weighted by Gasteiger charge is -2.15. The fourth-order valence-corrected chi connectivity index (χ4v) is 2.98. The SMILES string of the molecule is COC(=O)c1ccccc1Oc1nc(Nc2cc(OC)c(OC)c(OC)c2)ncc1Br. The van der Waals surface area contributed by atoms with E-state index in [1.165, 1.54) is 34.6 Å². The summed E-state index contributed by atoms with van der Waals surface area (Å²) >= 11 is 3.37. The van der Waals surface area contributed by atoms with Crippen molar-refractivity contribution in [2.75, 3.05) is 33.8 Å². The van der Waals surface area contributed by atoms with Gasteiger partial charge in [0.1, 0.15) is 11.3 Å². The van der Waals surface area contributed by atoms with Gasteiger partial charge in [0, 0.05) is 17.8 Å². The first-order valence-corrected chi connectivity index (χ1v) is 9.74. The molecule has 0 atom stereocenters. The number of nitrogens with one attached hydrogen (secondary N) is 1. The molecule has 0 aliphatic heterocycles. The van der Waals surface area contributed by atoms with Crippen molar-refractivity contribution in [2.24, 2.45) is 0 Å². The number of hydrogen-bond acceptors (Lipinski definition) is 9. The summed E-state index contributed by atoms with van der Waals surface area (Å²) in [5.74, 6) is 1.67. The predicted molar refractivity (Wildman–Crippen MR) is 117 cm³/mol. The average Bonchev–Trinajstić information content (AvgIpc) is 2.80. The maximum Gasteiger partial charge on any atom is 0.341 e. The van der Waals surface area contributed by atoms with Crippen molar-refractivity contribution in [1.29, 1.82) is 0 Å². The molecular formula is C21H20BrN3O6. The van der Waals surface area contributed by atoms with Crippen molar-refractivity contribution < 1.29 is 28.5 Å². The van der Waals surface area contributed by atoms with Crippen LogP contribution in [0.25, 0.3) is 0 Å². The van der Waals surface area contributed by atoms with E-state index >= 15 is 0 Å². The highest BCUT2D eigenvalue weighted by molar-refractivity contribution is 9.10. The zero-order chi connectivity index (χ0) is 22.4. The lowest BCUT2D eigenvalue weighted by atomic mass is 10.2. The van der Waals surface area contributed by atoms with Gasteiger partial charge in [-0.3, -0.25) is 0 Å². The van der Waals surface area contributed by atoms with Crippen molar-refractivity contribution >= 4 is 33.5 Å². The van der Waals surface area contributed by atoms with Crippen molar-refractivity contribution in [3.8, 4) is 28.9 Å². The van der Waals surface area contributed by atoms with E-state index in [9.17, 15) is 4.79 Å². The van der Waals surface area contributed by atoms with Crippen LogP contribution in [-0.4, -0.2) is 44.4 Å². The van der Waals surface area contributed by atoms with E-state index in [0.717, 1.165) is 0 Å². The number of nitrogens with zero attached hydrogens (tertiary/aromatic N) is 2. The summed E-state index contributed by atoms with van der Waals surface area (Å²) in [6.45, 7) is 0. The third kappa shape index (κ3) is 4.97. The topological polar surface area (TPSA) is 101 Å². The molecule has 10 heteroatoms. The number of carbonyl (C=O) groups excluding carboxylic acids is 1. The third-order valence-corrected chi connectivity index (χ3v) is 4.68. The fourth-order valence-electron chi connectivity index (χ4n) is 2.70. The van der Waals surface area contributed by atoms with Crippen LogP contribution in [0, 0.1) is 0 Å². The number of esters is 1. The smallest absolute Gasteiger partial charge is 0.341 e. The lowest BCUT2D eigenvalue weighted by Crippen LogP contribution is -2.05. The quantitative estimate of drug-likeness (QED) is 0.455. The van der Waals surface area contributed by atoms with Gasteiger partial charge < -0.3 is 29.0 Å². The van der Waals surface area contributed by atoms with Crippen LogP contribution in [0.4, 0.5) is 11.6 Å². The molecule has 3 rings (SSSR count). The van der Waals surface area contributed by atoms with E-state index in [2.05, 4.69) is 31.2 Å². The van der Waals surface area contributed by atoms with Crippen LogP contribution >= 0.6 is 15.9 Å². The van der Waals surface area contributed by atoms with Gasteiger partial charge >= 0.3 is 5.97 Å². The van der Waals surface area contributed by atoms with Crippen molar-refractivity contribution in [2.45, 2.75) is 0 Å². The number of rotatable bonds is 8. The van der Waals surface area contributed by atoms with Crippen molar-refractivity contribution in [3.05, 3.63) is 52.6 Å². The molecule has 3 aromatic rings. The summed E-state index contributed by atoms with van der Waals surface area (Å²) in [6.07, 6.45) is 1.53. The normalized spacial score (nSPS) is 10.2. The molecule has 0 aliphatic carbocycles. The number of halogens is 1. The molecular weight excluding hydrogens is 470 g/mol. The van der Waals surface area contributed by atoms with Gasteiger partial charge in [-0.25, -0.2) is 9.78 Å². The Bertz CT molecular complexity index is 1070. The molecule has 0 amide bonds. The molecule has 1 aromatic heterocycles. The summed E-state index contributed by atoms with van der Waals surface area (Å²) in [5.41, 5.74) is 0.882. The Balaban J connectivity index is 1.92. The molecule has 0 radical (unpaired) electrons. The molecule has 2 aromatic carbocycles. The van der Waals surface area contributed by atoms with Gasteiger partial charge in [0.2, 0.25) is 17.6 Å². The summed E-state index contributed by atoms with van der Waals surface area (Å²) in [6, 6.07) is 10.1. The second kappa shape index (κ2) is 9.98. The zero-order valence-electron chi connectivity index (χ0n) is 17.3. The van der Waals surface area contributed by atoms with Crippen LogP contribution in [0.15, 0.2) is 47.1 Å². The predicted octanol–water partition coefficient (Wildman–Crippen LogP) is 4.59. The Labute approximate surface area is 187 Å². The molecule has 0 aliphatic rings. The van der Waals surface area contributed by atoms with Gasteiger partial charge in [-0.05, 0) is 28.1 Å². The maximum atomic E-state index is 12.0. The molecule has 0 unspecified atom stereocenters. The Morgan fingerprint density at radius 2 is 1.65 bits per heavy atom. The molecule has 1 N–H and O–H groups in total. The molecule has 0 saturated carbocycles. The van der Waals surface area contributed by atoms with Gasteiger partial charge in [0.15, 0.2) is 11.5 Å². The number of benzene rings is 2. The maximum absolute atomic E-state index is 12.0. The van der Waals surface area contributed by atoms with Crippen LogP contribution < -0.4 is 24.3 Å². The number of aromatic nitrogens is 2. The molecule has 0 fully saturated rings. The molecule has 162 valence electrons. The van der Waals surface area contributed by atoms with E-state index in [4.69, 9.17) is 23.7 Å². The number of para-hydroxylation sites is 1. The number of carbonyl (C=O) groups is 1. The molecule has 31 heavy (non-hydrogen) atoms. The summed E-state index contributed by atoms with van der Waals surface area (Å²) in [4.78, 5) is 20.6. The van der Waals surface area contributed by atoms with E-state index in [1.54, 1.807) is 36.4 Å². The standard InChI is InChI=1S/C21H20BrN3O6/c1-27-16-9-12(10-17(28-2)18(16)29-3)24-21-23-11-14(22)19(25-21)31-15-8-6-5-7-13(15)20(26)30-4/h5-11H,1-4H3,(H,23,24,25). The Hall–Kier alpha value is -3.53. The minimum Gasteiger partial charge on any atom is -0.493 e. The molecule has 0 bridgehead atoms.